The minimum Gasteiger partial charge on any atom is -0.375 e. The highest BCUT2D eigenvalue weighted by atomic mass is 32.2. The Kier molecular flexibility index (Phi) is 4.69. The monoisotopic (exact) mass is 389 g/mol. The van der Waals surface area contributed by atoms with Crippen LogP contribution in [0.4, 0.5) is 0 Å². The Morgan fingerprint density at radius 3 is 2.88 bits per heavy atom. The molecular formula is C19H23N3O2S2. The van der Waals surface area contributed by atoms with Crippen LogP contribution in [0.3, 0.4) is 0 Å². The van der Waals surface area contributed by atoms with Crippen molar-refractivity contribution in [2.75, 3.05) is 13.1 Å². The van der Waals surface area contributed by atoms with Gasteiger partial charge in [-0.25, -0.2) is 0 Å². The van der Waals surface area contributed by atoms with E-state index in [9.17, 15) is 9.59 Å². The van der Waals surface area contributed by atoms with E-state index in [0.29, 0.717) is 16.2 Å². The van der Waals surface area contributed by atoms with Crippen LogP contribution in [-0.4, -0.2) is 43.7 Å². The van der Waals surface area contributed by atoms with Crippen molar-refractivity contribution in [1.29, 1.82) is 0 Å². The highest BCUT2D eigenvalue weighted by molar-refractivity contribution is 8.26. The van der Waals surface area contributed by atoms with E-state index in [1.54, 1.807) is 11.0 Å². The van der Waals surface area contributed by atoms with E-state index in [2.05, 4.69) is 17.9 Å². The Balaban J connectivity index is 1.56. The Morgan fingerprint density at radius 1 is 1.31 bits per heavy atom. The molecule has 5 nitrogen and oxygen atoms in total. The third-order valence-electron chi connectivity index (χ3n) is 5.66. The number of pyridine rings is 1. The van der Waals surface area contributed by atoms with Crippen molar-refractivity contribution in [3.63, 3.8) is 0 Å². The molecule has 3 atom stereocenters. The zero-order valence-corrected chi connectivity index (χ0v) is 16.7. The lowest BCUT2D eigenvalue weighted by molar-refractivity contribution is -0.123. The van der Waals surface area contributed by atoms with Crippen LogP contribution >= 0.6 is 24.0 Å². The maximum atomic E-state index is 12.8. The number of rotatable bonds is 3. The number of piperidine rings is 1. The van der Waals surface area contributed by atoms with E-state index in [1.165, 1.54) is 11.8 Å². The number of amides is 1. The van der Waals surface area contributed by atoms with Crippen molar-refractivity contribution in [3.8, 4) is 0 Å². The first-order valence-electron chi connectivity index (χ1n) is 9.19. The van der Waals surface area contributed by atoms with Crippen LogP contribution in [0.5, 0.6) is 0 Å². The number of carbonyl (C=O) groups is 1. The van der Waals surface area contributed by atoms with E-state index in [-0.39, 0.29) is 17.5 Å². The molecule has 2 fully saturated rings. The Morgan fingerprint density at radius 2 is 2.12 bits per heavy atom. The quantitative estimate of drug-likeness (QED) is 0.588. The molecule has 26 heavy (non-hydrogen) atoms. The number of carbonyl (C=O) groups excluding carboxylic acids is 1. The van der Waals surface area contributed by atoms with Crippen molar-refractivity contribution in [2.24, 2.45) is 5.92 Å². The topological polar surface area (TPSA) is 45.6 Å². The van der Waals surface area contributed by atoms with Gasteiger partial charge >= 0.3 is 0 Å². The SMILES string of the molecule is CCC(C)N1C(=O)/C(=C/N2C[C@@H]3C[C@@H](C2)c2cccc(=O)n2C3)SC1=S. The molecule has 138 valence electrons. The third kappa shape index (κ3) is 3.01. The lowest BCUT2D eigenvalue weighted by atomic mass is 9.83. The molecule has 2 bridgehead atoms. The van der Waals surface area contributed by atoms with E-state index < -0.39 is 0 Å². The van der Waals surface area contributed by atoms with Gasteiger partial charge in [-0.05, 0) is 31.7 Å². The summed E-state index contributed by atoms with van der Waals surface area (Å²) >= 11 is 6.83. The van der Waals surface area contributed by atoms with Crippen LogP contribution in [-0.2, 0) is 11.3 Å². The summed E-state index contributed by atoms with van der Waals surface area (Å²) in [5.74, 6) is 0.811. The summed E-state index contributed by atoms with van der Waals surface area (Å²) in [6.45, 7) is 6.59. The van der Waals surface area contributed by atoms with Crippen molar-refractivity contribution in [3.05, 3.63) is 45.4 Å². The molecule has 0 N–H and O–H groups in total. The van der Waals surface area contributed by atoms with E-state index in [4.69, 9.17) is 12.2 Å². The largest absolute Gasteiger partial charge is 0.375 e. The fraction of sp³-hybridized carbons (Fsp3) is 0.526. The first-order chi connectivity index (χ1) is 12.5. The molecule has 4 rings (SSSR count). The van der Waals surface area contributed by atoms with Gasteiger partial charge in [-0.1, -0.05) is 37.0 Å². The van der Waals surface area contributed by atoms with Gasteiger partial charge in [0.25, 0.3) is 11.5 Å². The van der Waals surface area contributed by atoms with E-state index in [1.807, 2.05) is 23.8 Å². The van der Waals surface area contributed by atoms with Gasteiger partial charge in [0.15, 0.2) is 0 Å². The van der Waals surface area contributed by atoms with E-state index in [0.717, 1.165) is 43.1 Å². The lowest BCUT2D eigenvalue weighted by Crippen LogP contribution is -2.45. The van der Waals surface area contributed by atoms with Gasteiger partial charge in [-0.3, -0.25) is 14.5 Å². The lowest BCUT2D eigenvalue weighted by Gasteiger charge is -2.42. The van der Waals surface area contributed by atoms with Crippen LogP contribution in [0.15, 0.2) is 34.1 Å². The van der Waals surface area contributed by atoms with Crippen LogP contribution in [0, 0.1) is 5.92 Å². The molecule has 3 aliphatic heterocycles. The second kappa shape index (κ2) is 6.85. The number of thiocarbonyl (C=S) groups is 1. The average Bonchev–Trinajstić information content (AvgIpc) is 2.89. The second-order valence-electron chi connectivity index (χ2n) is 7.45. The Labute approximate surface area is 163 Å². The molecule has 2 saturated heterocycles. The molecule has 3 aliphatic rings. The van der Waals surface area contributed by atoms with Crippen molar-refractivity contribution in [1.82, 2.24) is 14.4 Å². The zero-order valence-electron chi connectivity index (χ0n) is 15.1. The van der Waals surface area contributed by atoms with Crippen LogP contribution in [0.1, 0.15) is 38.3 Å². The number of hydrogen-bond acceptors (Lipinski definition) is 5. The maximum absolute atomic E-state index is 12.8. The molecule has 1 amide bonds. The van der Waals surface area contributed by atoms with Gasteiger partial charge < -0.3 is 9.47 Å². The summed E-state index contributed by atoms with van der Waals surface area (Å²) in [5.41, 5.74) is 1.22. The van der Waals surface area contributed by atoms with Gasteiger partial charge in [0.1, 0.15) is 4.32 Å². The smallest absolute Gasteiger partial charge is 0.267 e. The van der Waals surface area contributed by atoms with Gasteiger partial charge in [0, 0.05) is 49.6 Å². The predicted molar refractivity (Wildman–Crippen MR) is 108 cm³/mol. The Hall–Kier alpha value is -1.60. The first kappa shape index (κ1) is 17.8. The second-order valence-corrected chi connectivity index (χ2v) is 9.12. The minimum atomic E-state index is 0.0294. The molecule has 0 spiro atoms. The molecule has 7 heteroatoms. The molecule has 1 aromatic rings. The van der Waals surface area contributed by atoms with Crippen LogP contribution in [0.25, 0.3) is 0 Å². The number of thioether (sulfide) groups is 1. The Bertz CT molecular complexity index is 847. The maximum Gasteiger partial charge on any atom is 0.267 e. The van der Waals surface area contributed by atoms with E-state index >= 15 is 0 Å². The summed E-state index contributed by atoms with van der Waals surface area (Å²) < 4.78 is 2.59. The summed E-state index contributed by atoms with van der Waals surface area (Å²) in [5, 5.41) is 0. The van der Waals surface area contributed by atoms with Crippen molar-refractivity contribution in [2.45, 2.75) is 45.2 Å². The molecular weight excluding hydrogens is 366 g/mol. The van der Waals surface area contributed by atoms with Gasteiger partial charge in [0.2, 0.25) is 0 Å². The molecule has 0 radical (unpaired) electrons. The number of nitrogens with zero attached hydrogens (tertiary/aromatic N) is 3. The van der Waals surface area contributed by atoms with Gasteiger partial charge in [0.05, 0.1) is 4.91 Å². The normalized spacial score (nSPS) is 27.8. The molecule has 1 unspecified atom stereocenters. The van der Waals surface area contributed by atoms with Crippen molar-refractivity contribution < 1.29 is 4.79 Å². The molecule has 0 aromatic carbocycles. The van der Waals surface area contributed by atoms with Crippen LogP contribution in [0.2, 0.25) is 0 Å². The number of fused-ring (bicyclic) bond motifs is 4. The molecule has 4 heterocycles. The number of likely N-dealkylation sites (tertiary alicyclic amines) is 1. The van der Waals surface area contributed by atoms with Gasteiger partial charge in [-0.2, -0.15) is 0 Å². The highest BCUT2D eigenvalue weighted by Crippen LogP contribution is 2.37. The summed E-state index contributed by atoms with van der Waals surface area (Å²) in [6.07, 6.45) is 4.00. The molecule has 0 saturated carbocycles. The van der Waals surface area contributed by atoms with Crippen molar-refractivity contribution >= 4 is 34.2 Å². The number of aromatic nitrogens is 1. The third-order valence-corrected chi connectivity index (χ3v) is 6.98. The standard InChI is InChI=1S/C19H23N3O2S2/c1-3-12(2)22-18(24)16(26-19(22)25)11-20-8-13-7-14(10-20)15-5-4-6-17(23)21(15)9-13/h4-6,11-14H,3,7-10H2,1-2H3/b16-11-/t12?,13-,14-/m0/s1. The first-order valence-corrected chi connectivity index (χ1v) is 10.4. The number of hydrogen-bond donors (Lipinski definition) is 0. The highest BCUT2D eigenvalue weighted by Gasteiger charge is 2.37. The fourth-order valence-corrected chi connectivity index (χ4v) is 5.71. The molecule has 1 aromatic heterocycles. The minimum absolute atomic E-state index is 0.0294. The summed E-state index contributed by atoms with van der Waals surface area (Å²) in [7, 11) is 0. The average molecular weight is 390 g/mol. The van der Waals surface area contributed by atoms with Gasteiger partial charge in [-0.15, -0.1) is 0 Å². The zero-order chi connectivity index (χ0) is 18.4. The predicted octanol–water partition coefficient (Wildman–Crippen LogP) is 2.77. The summed E-state index contributed by atoms with van der Waals surface area (Å²) in [4.78, 5) is 29.6. The van der Waals surface area contributed by atoms with Crippen LogP contribution < -0.4 is 5.56 Å². The summed E-state index contributed by atoms with van der Waals surface area (Å²) in [6, 6.07) is 5.69. The fourth-order valence-electron chi connectivity index (χ4n) is 4.24. The molecule has 0 aliphatic carbocycles.